The molecule has 106 valence electrons. The minimum absolute atomic E-state index is 0.0442. The highest BCUT2D eigenvalue weighted by Gasteiger charge is 2.40. The van der Waals surface area contributed by atoms with Crippen LogP contribution in [0.2, 0.25) is 18.1 Å². The normalized spacial score (nSPS) is 12.1. The summed E-state index contributed by atoms with van der Waals surface area (Å²) in [7, 11) is -0.388. The predicted molar refractivity (Wildman–Crippen MR) is 80.0 cm³/mol. The van der Waals surface area contributed by atoms with Gasteiger partial charge in [0.25, 0.3) is 14.3 Å². The Hall–Kier alpha value is -1.29. The minimum Gasteiger partial charge on any atom is -0.519 e. The molecule has 1 rings (SSSR count). The molecule has 0 saturated carbocycles. The van der Waals surface area contributed by atoms with E-state index in [2.05, 4.69) is 33.9 Å². The lowest BCUT2D eigenvalue weighted by atomic mass is 10.1. The van der Waals surface area contributed by atoms with Crippen molar-refractivity contribution in [1.29, 1.82) is 0 Å². The summed E-state index contributed by atoms with van der Waals surface area (Å²) in [6.07, 6.45) is 0.316. The van der Waals surface area contributed by atoms with Gasteiger partial charge in [0.05, 0.1) is 13.5 Å². The van der Waals surface area contributed by atoms with E-state index in [0.717, 1.165) is 11.3 Å². The molecule has 0 bridgehead atoms. The van der Waals surface area contributed by atoms with Crippen LogP contribution in [0.3, 0.4) is 0 Å². The van der Waals surface area contributed by atoms with Gasteiger partial charge in [0.15, 0.2) is 0 Å². The fraction of sp³-hybridized carbons (Fsp3) is 0.533. The molecule has 0 fully saturated rings. The first-order valence-corrected chi connectivity index (χ1v) is 9.41. The van der Waals surface area contributed by atoms with Crippen molar-refractivity contribution in [3.63, 3.8) is 0 Å². The van der Waals surface area contributed by atoms with Crippen molar-refractivity contribution in [3.05, 3.63) is 29.8 Å². The average molecular weight is 280 g/mol. The second kappa shape index (κ2) is 5.78. The van der Waals surface area contributed by atoms with Crippen LogP contribution in [0.15, 0.2) is 24.3 Å². The molecule has 0 aliphatic rings. The van der Waals surface area contributed by atoms with Gasteiger partial charge in [0.2, 0.25) is 0 Å². The standard InChI is InChI=1S/C15H24O3Si/c1-15(2,3)19(5,6)18-14(16)11-12-7-9-13(17-4)10-8-12/h7-10H,11H2,1-6H3. The third-order valence-electron chi connectivity index (χ3n) is 3.68. The van der Waals surface area contributed by atoms with Crippen molar-refractivity contribution in [3.8, 4) is 5.75 Å². The van der Waals surface area contributed by atoms with Crippen LogP contribution in [0.25, 0.3) is 0 Å². The van der Waals surface area contributed by atoms with E-state index in [0.29, 0.717) is 6.42 Å². The quantitative estimate of drug-likeness (QED) is 0.787. The summed E-state index contributed by atoms with van der Waals surface area (Å²) in [6, 6.07) is 7.50. The monoisotopic (exact) mass is 280 g/mol. The van der Waals surface area contributed by atoms with Crippen LogP contribution in [-0.4, -0.2) is 21.4 Å². The zero-order chi connectivity index (χ0) is 14.7. The Morgan fingerprint density at radius 1 is 1.16 bits per heavy atom. The highest BCUT2D eigenvalue weighted by Crippen LogP contribution is 2.36. The van der Waals surface area contributed by atoms with Crippen LogP contribution in [0.5, 0.6) is 5.75 Å². The van der Waals surface area contributed by atoms with E-state index < -0.39 is 8.32 Å². The number of ether oxygens (including phenoxy) is 1. The van der Waals surface area contributed by atoms with E-state index in [-0.39, 0.29) is 11.0 Å². The Kier molecular flexibility index (Phi) is 4.79. The minimum atomic E-state index is -2.01. The maximum absolute atomic E-state index is 12.0. The number of benzene rings is 1. The Morgan fingerprint density at radius 2 is 1.68 bits per heavy atom. The van der Waals surface area contributed by atoms with Crippen LogP contribution < -0.4 is 4.74 Å². The van der Waals surface area contributed by atoms with Crippen molar-refractivity contribution < 1.29 is 14.0 Å². The van der Waals surface area contributed by atoms with Crippen molar-refractivity contribution in [2.45, 2.75) is 45.3 Å². The van der Waals surface area contributed by atoms with Crippen LogP contribution in [0.1, 0.15) is 26.3 Å². The molecule has 3 nitrogen and oxygen atoms in total. The molecule has 1 aromatic rings. The van der Waals surface area contributed by atoms with Gasteiger partial charge in [-0.15, -0.1) is 0 Å². The molecular weight excluding hydrogens is 256 g/mol. The van der Waals surface area contributed by atoms with Gasteiger partial charge in [-0.1, -0.05) is 32.9 Å². The van der Waals surface area contributed by atoms with E-state index in [1.54, 1.807) is 7.11 Å². The van der Waals surface area contributed by atoms with E-state index in [4.69, 9.17) is 9.16 Å². The Bertz CT molecular complexity index is 430. The maximum Gasteiger partial charge on any atom is 0.296 e. The summed E-state index contributed by atoms with van der Waals surface area (Å²) < 4.78 is 10.8. The number of hydrogen-bond acceptors (Lipinski definition) is 3. The lowest BCUT2D eigenvalue weighted by molar-refractivity contribution is -0.134. The van der Waals surface area contributed by atoms with E-state index in [9.17, 15) is 4.79 Å². The number of methoxy groups -OCH3 is 1. The first-order chi connectivity index (χ1) is 8.65. The summed E-state index contributed by atoms with van der Waals surface area (Å²) in [5.74, 6) is 0.651. The highest BCUT2D eigenvalue weighted by molar-refractivity contribution is 6.75. The van der Waals surface area contributed by atoms with Gasteiger partial charge in [-0.25, -0.2) is 0 Å². The van der Waals surface area contributed by atoms with Crippen LogP contribution >= 0.6 is 0 Å². The highest BCUT2D eigenvalue weighted by atomic mass is 28.4. The van der Waals surface area contributed by atoms with Gasteiger partial charge >= 0.3 is 0 Å². The number of rotatable bonds is 4. The number of carbonyl (C=O) groups excluding carboxylic acids is 1. The zero-order valence-electron chi connectivity index (χ0n) is 12.7. The second-order valence-corrected chi connectivity index (χ2v) is 11.0. The SMILES string of the molecule is COc1ccc(CC(=O)O[Si](C)(C)C(C)(C)C)cc1. The fourth-order valence-electron chi connectivity index (χ4n) is 1.38. The predicted octanol–water partition coefficient (Wildman–Crippen LogP) is 3.79. The summed E-state index contributed by atoms with van der Waals surface area (Å²) >= 11 is 0. The molecule has 0 amide bonds. The second-order valence-electron chi connectivity index (χ2n) is 6.26. The first kappa shape index (κ1) is 15.8. The van der Waals surface area contributed by atoms with Crippen molar-refractivity contribution >= 4 is 14.3 Å². The van der Waals surface area contributed by atoms with E-state index >= 15 is 0 Å². The molecule has 0 aliphatic heterocycles. The Labute approximate surface area is 117 Å². The molecule has 0 spiro atoms. The first-order valence-electron chi connectivity index (χ1n) is 6.50. The van der Waals surface area contributed by atoms with Gasteiger partial charge in [-0.05, 0) is 35.8 Å². The van der Waals surface area contributed by atoms with Gasteiger partial charge in [-0.3, -0.25) is 4.79 Å². The lowest BCUT2D eigenvalue weighted by Crippen LogP contribution is -2.42. The molecule has 0 unspecified atom stereocenters. The summed E-state index contributed by atoms with van der Waals surface area (Å²) in [5, 5.41) is 0.0442. The molecule has 0 saturated heterocycles. The molecule has 1 aromatic carbocycles. The van der Waals surface area contributed by atoms with Crippen LogP contribution in [0, 0.1) is 0 Å². The van der Waals surface area contributed by atoms with E-state index in [1.165, 1.54) is 0 Å². The number of hydrogen-bond donors (Lipinski definition) is 0. The van der Waals surface area contributed by atoms with Crippen molar-refractivity contribution in [2.75, 3.05) is 7.11 Å². The molecule has 0 N–H and O–H groups in total. The molecule has 0 heterocycles. The zero-order valence-corrected chi connectivity index (χ0v) is 13.7. The lowest BCUT2D eigenvalue weighted by Gasteiger charge is -2.35. The molecule has 0 aromatic heterocycles. The topological polar surface area (TPSA) is 35.5 Å². The van der Waals surface area contributed by atoms with Crippen LogP contribution in [-0.2, 0) is 15.6 Å². The molecule has 0 aliphatic carbocycles. The number of carbonyl (C=O) groups is 1. The molecule has 4 heteroatoms. The Morgan fingerprint density at radius 3 is 2.11 bits per heavy atom. The molecule has 0 atom stereocenters. The summed E-state index contributed by atoms with van der Waals surface area (Å²) in [5.41, 5.74) is 0.949. The average Bonchev–Trinajstić information content (AvgIpc) is 2.27. The maximum atomic E-state index is 12.0. The smallest absolute Gasteiger partial charge is 0.296 e. The molecule has 0 radical (unpaired) electrons. The van der Waals surface area contributed by atoms with E-state index in [1.807, 2.05) is 24.3 Å². The van der Waals surface area contributed by atoms with Gasteiger partial charge < -0.3 is 9.16 Å². The van der Waals surface area contributed by atoms with Gasteiger partial charge in [0.1, 0.15) is 5.75 Å². The van der Waals surface area contributed by atoms with Gasteiger partial charge in [0, 0.05) is 0 Å². The van der Waals surface area contributed by atoms with Crippen LogP contribution in [0.4, 0.5) is 0 Å². The third kappa shape index (κ3) is 4.38. The van der Waals surface area contributed by atoms with Gasteiger partial charge in [-0.2, -0.15) is 0 Å². The largest absolute Gasteiger partial charge is 0.519 e. The molecule has 19 heavy (non-hydrogen) atoms. The van der Waals surface area contributed by atoms with Crippen molar-refractivity contribution in [1.82, 2.24) is 0 Å². The summed E-state index contributed by atoms with van der Waals surface area (Å²) in [4.78, 5) is 12.0. The summed E-state index contributed by atoms with van der Waals surface area (Å²) in [6.45, 7) is 10.5. The Balaban J connectivity index is 2.65. The molecular formula is C15H24O3Si. The van der Waals surface area contributed by atoms with Crippen molar-refractivity contribution in [2.24, 2.45) is 0 Å². The fourth-order valence-corrected chi connectivity index (χ4v) is 2.33. The third-order valence-corrected chi connectivity index (χ3v) is 8.03.